The number of rotatable bonds is 9. The first-order chi connectivity index (χ1) is 14.5. The Morgan fingerprint density at radius 1 is 0.533 bits per heavy atom. The van der Waals surface area contributed by atoms with Crippen LogP contribution in [0.5, 0.6) is 28.7 Å². The molecule has 30 heavy (non-hydrogen) atoms. The second-order valence-corrected chi connectivity index (χ2v) is 7.13. The Hall–Kier alpha value is -3.34. The van der Waals surface area contributed by atoms with Gasteiger partial charge in [0.1, 0.15) is 11.5 Å². The highest BCUT2D eigenvalue weighted by molar-refractivity contribution is 5.60. The minimum atomic E-state index is 0.263. The van der Waals surface area contributed by atoms with Gasteiger partial charge in [0.25, 0.3) is 0 Å². The molecule has 0 atom stereocenters. The molecule has 158 valence electrons. The molecule has 2 N–H and O–H groups in total. The summed E-state index contributed by atoms with van der Waals surface area (Å²) in [5.41, 5.74) is 4.36. The molecule has 3 aromatic rings. The lowest BCUT2D eigenvalue weighted by molar-refractivity contribution is 0.320. The molecule has 0 heterocycles. The van der Waals surface area contributed by atoms with E-state index in [4.69, 9.17) is 14.2 Å². The molecule has 0 aliphatic carbocycles. The fraction of sp³-hybridized carbons (Fsp3) is 0.280. The van der Waals surface area contributed by atoms with Crippen LogP contribution in [0.2, 0.25) is 0 Å². The molecule has 0 fully saturated rings. The van der Waals surface area contributed by atoms with Crippen molar-refractivity contribution in [2.45, 2.75) is 25.7 Å². The van der Waals surface area contributed by atoms with Gasteiger partial charge in [-0.1, -0.05) is 24.3 Å². The van der Waals surface area contributed by atoms with Crippen LogP contribution >= 0.6 is 0 Å². The lowest BCUT2D eigenvalue weighted by Crippen LogP contribution is -2.05. The number of hydrogen-bond acceptors (Lipinski definition) is 5. The van der Waals surface area contributed by atoms with Crippen LogP contribution in [0.4, 0.5) is 0 Å². The Morgan fingerprint density at radius 3 is 1.23 bits per heavy atom. The van der Waals surface area contributed by atoms with Gasteiger partial charge in [0, 0.05) is 0 Å². The van der Waals surface area contributed by atoms with Crippen LogP contribution in [0.3, 0.4) is 0 Å². The van der Waals surface area contributed by atoms with Crippen LogP contribution < -0.4 is 14.2 Å². The summed E-state index contributed by atoms with van der Waals surface area (Å²) in [6, 6.07) is 16.6. The molecule has 0 aromatic heterocycles. The van der Waals surface area contributed by atoms with Gasteiger partial charge in [0.2, 0.25) is 5.75 Å². The molecule has 0 saturated heterocycles. The number of methoxy groups -OCH3 is 3. The second kappa shape index (κ2) is 9.92. The molecule has 3 aromatic carbocycles. The Kier molecular flexibility index (Phi) is 7.07. The molecule has 0 aliphatic rings. The second-order valence-electron chi connectivity index (χ2n) is 7.13. The van der Waals surface area contributed by atoms with Gasteiger partial charge in [-0.25, -0.2) is 0 Å². The smallest absolute Gasteiger partial charge is 0.203 e. The summed E-state index contributed by atoms with van der Waals surface area (Å²) in [5, 5.41) is 19.0. The highest BCUT2D eigenvalue weighted by atomic mass is 16.5. The van der Waals surface area contributed by atoms with Crippen LogP contribution in [-0.2, 0) is 25.7 Å². The summed E-state index contributed by atoms with van der Waals surface area (Å²) < 4.78 is 17.0. The van der Waals surface area contributed by atoms with Crippen molar-refractivity contribution in [1.82, 2.24) is 0 Å². The summed E-state index contributed by atoms with van der Waals surface area (Å²) in [6.45, 7) is 0. The van der Waals surface area contributed by atoms with Crippen LogP contribution in [0, 0.1) is 0 Å². The number of aryl methyl sites for hydroxylation is 4. The topological polar surface area (TPSA) is 68.2 Å². The molecule has 5 nitrogen and oxygen atoms in total. The normalized spacial score (nSPS) is 10.6. The third-order valence-electron chi connectivity index (χ3n) is 5.20. The summed E-state index contributed by atoms with van der Waals surface area (Å²) >= 11 is 0. The van der Waals surface area contributed by atoms with Gasteiger partial charge in [-0.3, -0.25) is 0 Å². The predicted molar refractivity (Wildman–Crippen MR) is 117 cm³/mol. The molecule has 0 amide bonds. The van der Waals surface area contributed by atoms with Crippen molar-refractivity contribution in [3.63, 3.8) is 0 Å². The molecule has 0 unspecified atom stereocenters. The maximum absolute atomic E-state index is 9.49. The van der Waals surface area contributed by atoms with E-state index in [1.807, 2.05) is 24.3 Å². The minimum absolute atomic E-state index is 0.263. The van der Waals surface area contributed by atoms with Gasteiger partial charge >= 0.3 is 0 Å². The van der Waals surface area contributed by atoms with Crippen molar-refractivity contribution < 1.29 is 24.4 Å². The quantitative estimate of drug-likeness (QED) is 0.537. The molecule has 0 aliphatic heterocycles. The minimum Gasteiger partial charge on any atom is -0.508 e. The van der Waals surface area contributed by atoms with Crippen molar-refractivity contribution in [3.8, 4) is 28.7 Å². The average molecular weight is 408 g/mol. The van der Waals surface area contributed by atoms with Crippen LogP contribution in [0.15, 0.2) is 54.6 Å². The third kappa shape index (κ3) is 4.98. The summed E-state index contributed by atoms with van der Waals surface area (Å²) in [5.74, 6) is 2.49. The maximum Gasteiger partial charge on any atom is 0.203 e. The van der Waals surface area contributed by atoms with Gasteiger partial charge in [-0.05, 0) is 78.3 Å². The van der Waals surface area contributed by atoms with Gasteiger partial charge in [0.15, 0.2) is 11.5 Å². The number of phenols is 2. The number of benzene rings is 3. The van der Waals surface area contributed by atoms with E-state index in [1.165, 1.54) is 0 Å². The van der Waals surface area contributed by atoms with Crippen molar-refractivity contribution in [2.75, 3.05) is 21.3 Å². The number of ether oxygens (including phenoxy) is 3. The standard InChI is InChI=1S/C25H28O5/c1-28-23-19(10-4-17-6-12-21(26)13-7-17)16-20(24(29-2)25(23)30-3)11-5-18-8-14-22(27)15-9-18/h6-9,12-16,26-27H,4-5,10-11H2,1-3H3. The van der Waals surface area contributed by atoms with E-state index in [9.17, 15) is 10.2 Å². The van der Waals surface area contributed by atoms with E-state index in [0.717, 1.165) is 47.9 Å². The van der Waals surface area contributed by atoms with E-state index in [-0.39, 0.29) is 11.5 Å². The molecular weight excluding hydrogens is 380 g/mol. The van der Waals surface area contributed by atoms with Crippen LogP contribution in [-0.4, -0.2) is 31.5 Å². The number of aromatic hydroxyl groups is 2. The lowest BCUT2D eigenvalue weighted by atomic mass is 9.96. The monoisotopic (exact) mass is 408 g/mol. The Morgan fingerprint density at radius 2 is 0.900 bits per heavy atom. The summed E-state index contributed by atoms with van der Waals surface area (Å²) in [4.78, 5) is 0. The SMILES string of the molecule is COc1c(CCc2ccc(O)cc2)cc(CCc2ccc(O)cc2)c(OC)c1OC. The molecule has 0 saturated carbocycles. The van der Waals surface area contributed by atoms with Gasteiger partial charge in [0.05, 0.1) is 21.3 Å². The fourth-order valence-electron chi connectivity index (χ4n) is 3.62. The van der Waals surface area contributed by atoms with Crippen LogP contribution in [0.1, 0.15) is 22.3 Å². The van der Waals surface area contributed by atoms with Crippen molar-refractivity contribution >= 4 is 0 Å². The van der Waals surface area contributed by atoms with E-state index in [1.54, 1.807) is 45.6 Å². The summed E-state index contributed by atoms with van der Waals surface area (Å²) in [7, 11) is 4.89. The number of hydrogen-bond donors (Lipinski definition) is 2. The molecular formula is C25H28O5. The van der Waals surface area contributed by atoms with E-state index in [0.29, 0.717) is 17.2 Å². The zero-order valence-corrected chi connectivity index (χ0v) is 17.6. The first kappa shape index (κ1) is 21.4. The van der Waals surface area contributed by atoms with E-state index < -0.39 is 0 Å². The average Bonchev–Trinajstić information content (AvgIpc) is 2.77. The highest BCUT2D eigenvalue weighted by Crippen LogP contribution is 2.43. The first-order valence-corrected chi connectivity index (χ1v) is 9.92. The van der Waals surface area contributed by atoms with Gasteiger partial charge in [-0.15, -0.1) is 0 Å². The zero-order chi connectivity index (χ0) is 21.5. The number of phenolic OH excluding ortho intramolecular Hbond substituents is 2. The van der Waals surface area contributed by atoms with Gasteiger partial charge < -0.3 is 24.4 Å². The van der Waals surface area contributed by atoms with Crippen molar-refractivity contribution in [1.29, 1.82) is 0 Å². The third-order valence-corrected chi connectivity index (χ3v) is 5.20. The summed E-state index contributed by atoms with van der Waals surface area (Å²) in [6.07, 6.45) is 3.15. The molecule has 0 bridgehead atoms. The predicted octanol–water partition coefficient (Wildman–Crippen LogP) is 4.69. The molecule has 0 radical (unpaired) electrons. The van der Waals surface area contributed by atoms with Crippen LogP contribution in [0.25, 0.3) is 0 Å². The Labute approximate surface area is 177 Å². The maximum atomic E-state index is 9.49. The molecule has 5 heteroatoms. The first-order valence-electron chi connectivity index (χ1n) is 9.92. The lowest BCUT2D eigenvalue weighted by Gasteiger charge is -2.19. The Bertz CT molecular complexity index is 887. The van der Waals surface area contributed by atoms with E-state index >= 15 is 0 Å². The highest BCUT2D eigenvalue weighted by Gasteiger charge is 2.20. The van der Waals surface area contributed by atoms with Gasteiger partial charge in [-0.2, -0.15) is 0 Å². The van der Waals surface area contributed by atoms with Crippen molar-refractivity contribution in [2.24, 2.45) is 0 Å². The van der Waals surface area contributed by atoms with Crippen molar-refractivity contribution in [3.05, 3.63) is 76.9 Å². The fourth-order valence-corrected chi connectivity index (χ4v) is 3.62. The largest absolute Gasteiger partial charge is 0.508 e. The van der Waals surface area contributed by atoms with E-state index in [2.05, 4.69) is 6.07 Å². The molecule has 3 rings (SSSR count). The Balaban J connectivity index is 1.89. The molecule has 0 spiro atoms. The zero-order valence-electron chi connectivity index (χ0n) is 17.6.